The number of hydrogen-bond acceptors (Lipinski definition) is 7. The van der Waals surface area contributed by atoms with Gasteiger partial charge >= 0.3 is 5.97 Å². The molecule has 3 aliphatic heterocycles. The summed E-state index contributed by atoms with van der Waals surface area (Å²) in [5.41, 5.74) is 0.920. The molecule has 0 bridgehead atoms. The summed E-state index contributed by atoms with van der Waals surface area (Å²) in [5.74, 6) is -0.0353. The van der Waals surface area contributed by atoms with Crippen LogP contribution in [0.5, 0.6) is 0 Å². The molecule has 0 aliphatic carbocycles. The van der Waals surface area contributed by atoms with Crippen LogP contribution < -0.4 is 4.72 Å². The lowest BCUT2D eigenvalue weighted by Crippen LogP contribution is -2.53. The molecule has 1 aromatic carbocycles. The van der Waals surface area contributed by atoms with Gasteiger partial charge in [0.25, 0.3) is 5.91 Å². The van der Waals surface area contributed by atoms with Gasteiger partial charge in [0, 0.05) is 48.4 Å². The third kappa shape index (κ3) is 6.39. The first kappa shape index (κ1) is 28.3. The molecule has 1 N–H and O–H groups in total. The van der Waals surface area contributed by atoms with Crippen LogP contribution in [0.2, 0.25) is 0 Å². The molecule has 3 saturated heterocycles. The van der Waals surface area contributed by atoms with E-state index >= 15 is 0 Å². The quantitative estimate of drug-likeness (QED) is 0.505. The number of carbonyl (C=O) groups excluding carboxylic acids is 2. The SMILES string of the molecule is CC1(C)CC2(CCCN(C3CCN(C(=O)c4cc(-c5ccccc5)sc4CCNS(C)(=O)=O)CC3)C2)C(=O)O1. The van der Waals surface area contributed by atoms with Crippen LogP contribution in [0.4, 0.5) is 0 Å². The van der Waals surface area contributed by atoms with E-state index in [2.05, 4.69) is 9.62 Å². The van der Waals surface area contributed by atoms with Crippen LogP contribution in [0, 0.1) is 5.41 Å². The van der Waals surface area contributed by atoms with Crippen molar-refractivity contribution in [3.05, 3.63) is 46.8 Å². The molecule has 1 amide bonds. The third-order valence-electron chi connectivity index (χ3n) is 8.25. The normalized spacial score (nSPS) is 24.3. The fourth-order valence-electron chi connectivity index (χ4n) is 6.57. The number of nitrogens with zero attached hydrogens (tertiary/aromatic N) is 2. The van der Waals surface area contributed by atoms with Gasteiger partial charge in [-0.05, 0) is 64.1 Å². The maximum Gasteiger partial charge on any atom is 0.314 e. The lowest BCUT2D eigenvalue weighted by molar-refractivity contribution is -0.154. The van der Waals surface area contributed by atoms with Crippen molar-refractivity contribution < 1.29 is 22.7 Å². The third-order valence-corrected chi connectivity index (χ3v) is 10.2. The molecule has 5 rings (SSSR count). The van der Waals surface area contributed by atoms with Crippen LogP contribution in [0.15, 0.2) is 36.4 Å². The van der Waals surface area contributed by atoms with E-state index in [-0.39, 0.29) is 18.4 Å². The topological polar surface area (TPSA) is 96.0 Å². The lowest BCUT2D eigenvalue weighted by atomic mass is 9.74. The van der Waals surface area contributed by atoms with Crippen molar-refractivity contribution in [1.29, 1.82) is 0 Å². The van der Waals surface area contributed by atoms with Crippen molar-refractivity contribution in [2.45, 2.75) is 64.0 Å². The van der Waals surface area contributed by atoms with Gasteiger partial charge in [0.1, 0.15) is 5.60 Å². The zero-order valence-electron chi connectivity index (χ0n) is 23.1. The second kappa shape index (κ2) is 11.0. The highest BCUT2D eigenvalue weighted by atomic mass is 32.2. The number of rotatable bonds is 7. The van der Waals surface area contributed by atoms with E-state index in [0.29, 0.717) is 31.1 Å². The fraction of sp³-hybridized carbons (Fsp3) is 0.586. The predicted octanol–water partition coefficient (Wildman–Crippen LogP) is 3.92. The Kier molecular flexibility index (Phi) is 7.94. The molecule has 10 heteroatoms. The second-order valence-electron chi connectivity index (χ2n) is 11.9. The molecule has 212 valence electrons. The van der Waals surface area contributed by atoms with Crippen molar-refractivity contribution in [3.8, 4) is 10.4 Å². The van der Waals surface area contributed by atoms with E-state index in [1.165, 1.54) is 0 Å². The van der Waals surface area contributed by atoms with Gasteiger partial charge in [-0.25, -0.2) is 13.1 Å². The number of likely N-dealkylation sites (tertiary alicyclic amines) is 2. The summed E-state index contributed by atoms with van der Waals surface area (Å²) in [4.78, 5) is 32.9. The molecule has 2 aromatic rings. The molecule has 0 saturated carbocycles. The average molecular weight is 574 g/mol. The van der Waals surface area contributed by atoms with E-state index in [0.717, 1.165) is 66.8 Å². The number of nitrogens with one attached hydrogen (secondary N) is 1. The summed E-state index contributed by atoms with van der Waals surface area (Å²) in [5, 5.41) is 0. The monoisotopic (exact) mass is 573 g/mol. The van der Waals surface area contributed by atoms with E-state index in [4.69, 9.17) is 4.74 Å². The first-order valence-electron chi connectivity index (χ1n) is 13.8. The number of cyclic esters (lactones) is 1. The standard InChI is InChI=1S/C29H39N3O5S2/c1-28(2)19-29(27(34)37-28)13-7-15-32(20-29)22-11-16-31(17-12-22)26(33)23-18-25(21-8-5-4-6-9-21)38-24(23)10-14-30-39(3,35)36/h4-6,8-9,18,22,30H,7,10-17,19-20H2,1-3H3. The van der Waals surface area contributed by atoms with Crippen molar-refractivity contribution in [3.63, 3.8) is 0 Å². The van der Waals surface area contributed by atoms with Gasteiger partial charge in [-0.2, -0.15) is 0 Å². The van der Waals surface area contributed by atoms with Crippen molar-refractivity contribution in [2.24, 2.45) is 5.41 Å². The zero-order valence-corrected chi connectivity index (χ0v) is 24.7. The number of amides is 1. The summed E-state index contributed by atoms with van der Waals surface area (Å²) in [6, 6.07) is 12.3. The van der Waals surface area contributed by atoms with Gasteiger partial charge in [-0.3, -0.25) is 14.5 Å². The van der Waals surface area contributed by atoms with Crippen molar-refractivity contribution in [1.82, 2.24) is 14.5 Å². The van der Waals surface area contributed by atoms with Crippen molar-refractivity contribution >= 4 is 33.2 Å². The molecular weight excluding hydrogens is 534 g/mol. The number of thiophene rings is 1. The largest absolute Gasteiger partial charge is 0.459 e. The molecule has 4 heterocycles. The summed E-state index contributed by atoms with van der Waals surface area (Å²) >= 11 is 1.56. The Morgan fingerprint density at radius 3 is 2.51 bits per heavy atom. The number of esters is 1. The van der Waals surface area contributed by atoms with Crippen molar-refractivity contribution in [2.75, 3.05) is 39.0 Å². The highest BCUT2D eigenvalue weighted by Gasteiger charge is 2.54. The maximum atomic E-state index is 13.7. The van der Waals surface area contributed by atoms with Crippen LogP contribution in [0.1, 0.15) is 61.2 Å². The van der Waals surface area contributed by atoms with Gasteiger partial charge in [-0.1, -0.05) is 30.3 Å². The van der Waals surface area contributed by atoms with Gasteiger partial charge in [0.15, 0.2) is 0 Å². The minimum atomic E-state index is -3.30. The molecule has 39 heavy (non-hydrogen) atoms. The average Bonchev–Trinajstić information content (AvgIpc) is 3.40. The number of ether oxygens (including phenoxy) is 1. The second-order valence-corrected chi connectivity index (χ2v) is 14.9. The van der Waals surface area contributed by atoms with E-state index in [1.54, 1.807) is 11.3 Å². The number of hydrogen-bond donors (Lipinski definition) is 1. The van der Waals surface area contributed by atoms with Crippen LogP contribution in [0.3, 0.4) is 0 Å². The Bertz CT molecular complexity index is 1320. The first-order valence-corrected chi connectivity index (χ1v) is 16.6. The number of sulfonamides is 1. The minimum absolute atomic E-state index is 0.0115. The highest BCUT2D eigenvalue weighted by Crippen LogP contribution is 2.46. The highest BCUT2D eigenvalue weighted by molar-refractivity contribution is 7.88. The molecule has 8 nitrogen and oxygen atoms in total. The Morgan fingerprint density at radius 1 is 1.15 bits per heavy atom. The smallest absolute Gasteiger partial charge is 0.314 e. The number of benzene rings is 1. The lowest BCUT2D eigenvalue weighted by Gasteiger charge is -2.44. The van der Waals surface area contributed by atoms with E-state index < -0.39 is 21.0 Å². The van der Waals surface area contributed by atoms with Gasteiger partial charge in [0.05, 0.1) is 17.2 Å². The Morgan fingerprint density at radius 2 is 1.87 bits per heavy atom. The molecule has 0 radical (unpaired) electrons. The Labute approximate surface area is 235 Å². The van der Waals surface area contributed by atoms with Crippen LogP contribution in [-0.4, -0.2) is 80.7 Å². The summed E-state index contributed by atoms with van der Waals surface area (Å²) in [7, 11) is -3.30. The van der Waals surface area contributed by atoms with Crippen LogP contribution in [0.25, 0.3) is 10.4 Å². The van der Waals surface area contributed by atoms with Crippen LogP contribution in [-0.2, 0) is 26.0 Å². The molecule has 1 spiro atoms. The van der Waals surface area contributed by atoms with Gasteiger partial charge < -0.3 is 9.64 Å². The molecular formula is C29H39N3O5S2. The van der Waals surface area contributed by atoms with E-state index in [1.807, 2.05) is 55.1 Å². The van der Waals surface area contributed by atoms with Gasteiger partial charge in [-0.15, -0.1) is 11.3 Å². The summed E-state index contributed by atoms with van der Waals surface area (Å²) < 4.78 is 31.5. The summed E-state index contributed by atoms with van der Waals surface area (Å²) in [6.45, 7) is 7.32. The minimum Gasteiger partial charge on any atom is -0.459 e. The fourth-order valence-corrected chi connectivity index (χ4v) is 8.20. The molecule has 1 atom stereocenters. The van der Waals surface area contributed by atoms with Gasteiger partial charge in [0.2, 0.25) is 10.0 Å². The molecule has 1 aromatic heterocycles. The Balaban J connectivity index is 1.26. The molecule has 3 aliphatic rings. The first-order chi connectivity index (χ1) is 18.4. The zero-order chi connectivity index (χ0) is 27.8. The van der Waals surface area contributed by atoms with E-state index in [9.17, 15) is 18.0 Å². The maximum absolute atomic E-state index is 13.7. The van der Waals surface area contributed by atoms with Crippen LogP contribution >= 0.6 is 11.3 Å². The Hall–Kier alpha value is -2.27. The predicted molar refractivity (Wildman–Crippen MR) is 153 cm³/mol. The summed E-state index contributed by atoms with van der Waals surface area (Å²) in [6.07, 6.45) is 6.01. The molecule has 1 unspecified atom stereocenters. The number of carbonyl (C=O) groups is 2. The number of piperidine rings is 2. The molecule has 3 fully saturated rings.